The molecular formula is C19H18F3NO5. The number of rotatable bonds is 8. The van der Waals surface area contributed by atoms with Crippen LogP contribution in [0.5, 0.6) is 11.5 Å². The van der Waals surface area contributed by atoms with Gasteiger partial charge in [0.25, 0.3) is 0 Å². The first-order valence-corrected chi connectivity index (χ1v) is 8.17. The van der Waals surface area contributed by atoms with E-state index in [-0.39, 0.29) is 29.4 Å². The number of amides is 1. The van der Waals surface area contributed by atoms with Gasteiger partial charge in [-0.2, -0.15) is 13.2 Å². The molecule has 0 atom stereocenters. The SMILES string of the molecule is COc1cc(CCC(=O)Nc2ccc(C(=O)O)cc2)ccc1OCC(F)(F)F. The second-order valence-corrected chi connectivity index (χ2v) is 5.82. The van der Waals surface area contributed by atoms with E-state index in [1.165, 1.54) is 43.5 Å². The topological polar surface area (TPSA) is 84.9 Å². The molecule has 2 aromatic rings. The maximum Gasteiger partial charge on any atom is 0.422 e. The highest BCUT2D eigenvalue weighted by Gasteiger charge is 2.29. The van der Waals surface area contributed by atoms with Gasteiger partial charge in [-0.3, -0.25) is 4.79 Å². The normalized spacial score (nSPS) is 11.0. The predicted molar refractivity (Wildman–Crippen MR) is 94.9 cm³/mol. The first kappa shape index (κ1) is 21.1. The summed E-state index contributed by atoms with van der Waals surface area (Å²) in [7, 11) is 1.31. The Morgan fingerprint density at radius 1 is 1.07 bits per heavy atom. The fourth-order valence-corrected chi connectivity index (χ4v) is 2.32. The van der Waals surface area contributed by atoms with Crippen LogP contribution in [-0.2, 0) is 11.2 Å². The molecule has 150 valence electrons. The van der Waals surface area contributed by atoms with Gasteiger partial charge in [0.2, 0.25) is 5.91 Å². The van der Waals surface area contributed by atoms with Crippen molar-refractivity contribution < 1.29 is 37.3 Å². The first-order valence-electron chi connectivity index (χ1n) is 8.17. The summed E-state index contributed by atoms with van der Waals surface area (Å²) in [5, 5.41) is 11.5. The largest absolute Gasteiger partial charge is 0.493 e. The Balaban J connectivity index is 1.92. The molecule has 0 saturated carbocycles. The van der Waals surface area contributed by atoms with Crippen molar-refractivity contribution in [3.63, 3.8) is 0 Å². The van der Waals surface area contributed by atoms with Gasteiger partial charge < -0.3 is 19.9 Å². The van der Waals surface area contributed by atoms with Crippen molar-refractivity contribution in [3.8, 4) is 11.5 Å². The van der Waals surface area contributed by atoms with Crippen molar-refractivity contribution in [2.45, 2.75) is 19.0 Å². The van der Waals surface area contributed by atoms with E-state index >= 15 is 0 Å². The lowest BCUT2D eigenvalue weighted by atomic mass is 10.1. The molecule has 2 N–H and O–H groups in total. The minimum absolute atomic E-state index is 0.0356. The van der Waals surface area contributed by atoms with E-state index in [0.29, 0.717) is 17.7 Å². The van der Waals surface area contributed by atoms with Gasteiger partial charge in [0.15, 0.2) is 18.1 Å². The van der Waals surface area contributed by atoms with Gasteiger partial charge >= 0.3 is 12.1 Å². The molecule has 6 nitrogen and oxygen atoms in total. The zero-order valence-corrected chi connectivity index (χ0v) is 14.9. The highest BCUT2D eigenvalue weighted by Crippen LogP contribution is 2.30. The van der Waals surface area contributed by atoms with Crippen LogP contribution in [-0.4, -0.2) is 36.9 Å². The summed E-state index contributed by atoms with van der Waals surface area (Å²) >= 11 is 0. The number of aromatic carboxylic acids is 1. The average molecular weight is 397 g/mol. The third-order valence-electron chi connectivity index (χ3n) is 3.68. The van der Waals surface area contributed by atoms with Gasteiger partial charge in [0.1, 0.15) is 0 Å². The number of alkyl halides is 3. The summed E-state index contributed by atoms with van der Waals surface area (Å²) in [5.41, 5.74) is 1.26. The molecule has 0 fully saturated rings. The van der Waals surface area contributed by atoms with Crippen molar-refractivity contribution in [1.82, 2.24) is 0 Å². The molecule has 0 aromatic heterocycles. The molecule has 0 aliphatic rings. The quantitative estimate of drug-likeness (QED) is 0.706. The van der Waals surface area contributed by atoms with Crippen LogP contribution in [0.15, 0.2) is 42.5 Å². The molecular weight excluding hydrogens is 379 g/mol. The van der Waals surface area contributed by atoms with E-state index in [1.54, 1.807) is 6.07 Å². The summed E-state index contributed by atoms with van der Waals surface area (Å²) in [6, 6.07) is 10.2. The van der Waals surface area contributed by atoms with Crippen LogP contribution in [0.4, 0.5) is 18.9 Å². The third kappa shape index (κ3) is 6.49. The lowest BCUT2D eigenvalue weighted by molar-refractivity contribution is -0.153. The Morgan fingerprint density at radius 3 is 2.32 bits per heavy atom. The molecule has 2 rings (SSSR count). The summed E-state index contributed by atoms with van der Waals surface area (Å²) < 4.78 is 46.6. The smallest absolute Gasteiger partial charge is 0.422 e. The number of benzene rings is 2. The Labute approximate surface area is 158 Å². The van der Waals surface area contributed by atoms with E-state index in [0.717, 1.165) is 0 Å². The number of ether oxygens (including phenoxy) is 2. The molecule has 0 saturated heterocycles. The molecule has 0 heterocycles. The zero-order chi connectivity index (χ0) is 20.7. The summed E-state index contributed by atoms with van der Waals surface area (Å²) in [6.45, 7) is -1.42. The summed E-state index contributed by atoms with van der Waals surface area (Å²) in [6.07, 6.45) is -4.01. The van der Waals surface area contributed by atoms with Gasteiger partial charge in [-0.1, -0.05) is 6.07 Å². The van der Waals surface area contributed by atoms with Gasteiger partial charge in [0.05, 0.1) is 12.7 Å². The number of hydrogen-bond acceptors (Lipinski definition) is 4. The van der Waals surface area contributed by atoms with E-state index < -0.39 is 18.8 Å². The Bertz CT molecular complexity index is 834. The second-order valence-electron chi connectivity index (χ2n) is 5.82. The van der Waals surface area contributed by atoms with E-state index in [4.69, 9.17) is 14.6 Å². The standard InChI is InChI=1S/C19H18F3NO5/c1-27-16-10-12(2-8-15(16)28-11-19(20,21)22)3-9-17(24)23-14-6-4-13(5-7-14)18(25)26/h2,4-8,10H,3,9,11H2,1H3,(H,23,24)(H,25,26). The number of carboxylic acids is 1. The van der Waals surface area contributed by atoms with E-state index in [1.807, 2.05) is 0 Å². The van der Waals surface area contributed by atoms with E-state index in [2.05, 4.69) is 5.32 Å². The molecule has 0 bridgehead atoms. The lowest BCUT2D eigenvalue weighted by Crippen LogP contribution is -2.19. The number of aryl methyl sites for hydroxylation is 1. The number of carbonyl (C=O) groups excluding carboxylic acids is 1. The Morgan fingerprint density at radius 2 is 1.75 bits per heavy atom. The zero-order valence-electron chi connectivity index (χ0n) is 14.9. The van der Waals surface area contributed by atoms with Crippen molar-refractivity contribution in [3.05, 3.63) is 53.6 Å². The number of anilines is 1. The Kier molecular flexibility index (Phi) is 6.86. The fraction of sp³-hybridized carbons (Fsp3) is 0.263. The minimum Gasteiger partial charge on any atom is -0.493 e. The van der Waals surface area contributed by atoms with Crippen LogP contribution >= 0.6 is 0 Å². The van der Waals surface area contributed by atoms with Crippen molar-refractivity contribution >= 4 is 17.6 Å². The summed E-state index contributed by atoms with van der Waals surface area (Å²) in [4.78, 5) is 22.8. The average Bonchev–Trinajstić information content (AvgIpc) is 2.64. The van der Waals surface area contributed by atoms with Gasteiger partial charge in [0, 0.05) is 12.1 Å². The van der Waals surface area contributed by atoms with Gasteiger partial charge in [-0.05, 0) is 48.4 Å². The maximum atomic E-state index is 12.3. The third-order valence-corrected chi connectivity index (χ3v) is 3.68. The number of methoxy groups -OCH3 is 1. The number of nitrogens with one attached hydrogen (secondary N) is 1. The minimum atomic E-state index is -4.45. The summed E-state index contributed by atoms with van der Waals surface area (Å²) in [5.74, 6) is -1.24. The number of carbonyl (C=O) groups is 2. The van der Waals surface area contributed by atoms with Crippen molar-refractivity contribution in [1.29, 1.82) is 0 Å². The Hall–Kier alpha value is -3.23. The molecule has 1 amide bonds. The van der Waals surface area contributed by atoms with Crippen LogP contribution in [0, 0.1) is 0 Å². The molecule has 0 unspecified atom stereocenters. The van der Waals surface area contributed by atoms with Crippen LogP contribution in [0.3, 0.4) is 0 Å². The number of hydrogen-bond donors (Lipinski definition) is 2. The molecule has 0 aliphatic carbocycles. The van der Waals surface area contributed by atoms with Crippen molar-refractivity contribution in [2.75, 3.05) is 19.0 Å². The van der Waals surface area contributed by atoms with Crippen molar-refractivity contribution in [2.24, 2.45) is 0 Å². The molecule has 0 aliphatic heterocycles. The molecule has 0 spiro atoms. The highest BCUT2D eigenvalue weighted by atomic mass is 19.4. The van der Waals surface area contributed by atoms with Crippen LogP contribution in [0.1, 0.15) is 22.3 Å². The molecule has 2 aromatic carbocycles. The molecule has 0 radical (unpaired) electrons. The van der Waals surface area contributed by atoms with Gasteiger partial charge in [-0.25, -0.2) is 4.79 Å². The fourth-order valence-electron chi connectivity index (χ4n) is 2.32. The van der Waals surface area contributed by atoms with Gasteiger partial charge in [-0.15, -0.1) is 0 Å². The van der Waals surface area contributed by atoms with Crippen LogP contribution in [0.2, 0.25) is 0 Å². The predicted octanol–water partition coefficient (Wildman–Crippen LogP) is 3.91. The lowest BCUT2D eigenvalue weighted by Gasteiger charge is -2.13. The number of halogens is 3. The van der Waals surface area contributed by atoms with Crippen LogP contribution in [0.25, 0.3) is 0 Å². The first-order chi connectivity index (χ1) is 13.2. The van der Waals surface area contributed by atoms with E-state index in [9.17, 15) is 22.8 Å². The van der Waals surface area contributed by atoms with Crippen LogP contribution < -0.4 is 14.8 Å². The molecule has 28 heavy (non-hydrogen) atoms. The monoisotopic (exact) mass is 397 g/mol. The maximum absolute atomic E-state index is 12.3. The number of carboxylic acid groups (broad SMARTS) is 1. The molecule has 9 heteroatoms. The second kappa shape index (κ2) is 9.12. The highest BCUT2D eigenvalue weighted by molar-refractivity contribution is 5.92.